The van der Waals surface area contributed by atoms with E-state index in [1.165, 1.54) is 12.1 Å². The lowest BCUT2D eigenvalue weighted by Crippen LogP contribution is -2.38. The SMILES string of the molecule is CCOC(=O)c1ccc(NC(=O)CN(c2cccc(C)c2)S(=O)(=O)c2ccc(C)cc2)c(C)c1. The lowest BCUT2D eigenvalue weighted by atomic mass is 10.1. The molecular weight excluding hydrogens is 452 g/mol. The summed E-state index contributed by atoms with van der Waals surface area (Å²) in [5.74, 6) is -0.956. The zero-order valence-electron chi connectivity index (χ0n) is 19.7. The Morgan fingerprint density at radius 2 is 1.62 bits per heavy atom. The lowest BCUT2D eigenvalue weighted by molar-refractivity contribution is -0.114. The van der Waals surface area contributed by atoms with Crippen molar-refractivity contribution in [1.29, 1.82) is 0 Å². The second-order valence-corrected chi connectivity index (χ2v) is 9.82. The summed E-state index contributed by atoms with van der Waals surface area (Å²) in [6.45, 7) is 7.05. The predicted molar refractivity (Wildman–Crippen MR) is 133 cm³/mol. The maximum Gasteiger partial charge on any atom is 0.338 e. The van der Waals surface area contributed by atoms with Crippen LogP contribution in [0.1, 0.15) is 34.0 Å². The minimum absolute atomic E-state index is 0.0994. The molecule has 1 N–H and O–H groups in total. The van der Waals surface area contributed by atoms with Gasteiger partial charge in [0.1, 0.15) is 6.54 Å². The van der Waals surface area contributed by atoms with Gasteiger partial charge < -0.3 is 10.1 Å². The number of rotatable bonds is 8. The molecule has 3 aromatic rings. The third-order valence-corrected chi connectivity index (χ3v) is 6.99. The van der Waals surface area contributed by atoms with Gasteiger partial charge in [0, 0.05) is 5.69 Å². The molecule has 0 aliphatic heterocycles. The molecule has 34 heavy (non-hydrogen) atoms. The fourth-order valence-corrected chi connectivity index (χ4v) is 4.81. The average Bonchev–Trinajstić information content (AvgIpc) is 2.79. The highest BCUT2D eigenvalue weighted by Crippen LogP contribution is 2.25. The lowest BCUT2D eigenvalue weighted by Gasteiger charge is -2.24. The summed E-state index contributed by atoms with van der Waals surface area (Å²) in [5.41, 5.74) is 3.70. The Balaban J connectivity index is 1.89. The number of hydrogen-bond donors (Lipinski definition) is 1. The Morgan fingerprint density at radius 1 is 0.912 bits per heavy atom. The minimum Gasteiger partial charge on any atom is -0.462 e. The van der Waals surface area contributed by atoms with Gasteiger partial charge in [-0.2, -0.15) is 0 Å². The maximum absolute atomic E-state index is 13.5. The van der Waals surface area contributed by atoms with E-state index in [0.29, 0.717) is 22.5 Å². The van der Waals surface area contributed by atoms with Crippen molar-refractivity contribution in [2.24, 2.45) is 0 Å². The first-order valence-corrected chi connectivity index (χ1v) is 12.3. The molecule has 0 saturated carbocycles. The van der Waals surface area contributed by atoms with Crippen molar-refractivity contribution >= 4 is 33.3 Å². The van der Waals surface area contributed by atoms with Crippen molar-refractivity contribution in [3.63, 3.8) is 0 Å². The van der Waals surface area contributed by atoms with Crippen LogP contribution in [-0.2, 0) is 19.6 Å². The van der Waals surface area contributed by atoms with Crippen LogP contribution in [0.2, 0.25) is 0 Å². The summed E-state index contributed by atoms with van der Waals surface area (Å²) >= 11 is 0. The van der Waals surface area contributed by atoms with Crippen LogP contribution in [0.3, 0.4) is 0 Å². The van der Waals surface area contributed by atoms with E-state index in [1.54, 1.807) is 62.4 Å². The molecule has 0 spiro atoms. The van der Waals surface area contributed by atoms with Gasteiger partial charge in [0.05, 0.1) is 22.8 Å². The number of carbonyl (C=O) groups is 2. The minimum atomic E-state index is -4.00. The first-order chi connectivity index (χ1) is 16.1. The van der Waals surface area contributed by atoms with Crippen molar-refractivity contribution in [2.75, 3.05) is 22.8 Å². The summed E-state index contributed by atoms with van der Waals surface area (Å²) in [6, 6.07) is 18.3. The Morgan fingerprint density at radius 3 is 2.24 bits per heavy atom. The Kier molecular flexibility index (Phi) is 7.73. The van der Waals surface area contributed by atoms with Crippen LogP contribution in [0.15, 0.2) is 71.6 Å². The summed E-state index contributed by atoms with van der Waals surface area (Å²) < 4.78 is 33.1. The molecule has 3 rings (SSSR count). The molecular formula is C26H28N2O5S. The smallest absolute Gasteiger partial charge is 0.338 e. The molecule has 0 aliphatic rings. The fourth-order valence-electron chi connectivity index (χ4n) is 3.40. The highest BCUT2D eigenvalue weighted by atomic mass is 32.2. The van der Waals surface area contributed by atoms with Crippen LogP contribution in [0.4, 0.5) is 11.4 Å². The number of aryl methyl sites for hydroxylation is 3. The Bertz CT molecular complexity index is 1300. The van der Waals surface area contributed by atoms with Crippen molar-refractivity contribution in [2.45, 2.75) is 32.6 Å². The first-order valence-electron chi connectivity index (χ1n) is 10.9. The summed E-state index contributed by atoms with van der Waals surface area (Å²) in [5, 5.41) is 2.76. The molecule has 0 radical (unpaired) electrons. The van der Waals surface area contributed by atoms with Crippen LogP contribution < -0.4 is 9.62 Å². The van der Waals surface area contributed by atoms with E-state index in [1.807, 2.05) is 19.9 Å². The van der Waals surface area contributed by atoms with Gasteiger partial charge in [-0.15, -0.1) is 0 Å². The van der Waals surface area contributed by atoms with Crippen LogP contribution in [0.5, 0.6) is 0 Å². The topological polar surface area (TPSA) is 92.8 Å². The summed E-state index contributed by atoms with van der Waals surface area (Å²) in [4.78, 5) is 25.0. The monoisotopic (exact) mass is 480 g/mol. The molecule has 0 atom stereocenters. The molecule has 0 aliphatic carbocycles. The molecule has 0 saturated heterocycles. The number of nitrogens with zero attached hydrogens (tertiary/aromatic N) is 1. The number of anilines is 2. The number of carbonyl (C=O) groups excluding carboxylic acids is 2. The van der Waals surface area contributed by atoms with Crippen LogP contribution >= 0.6 is 0 Å². The van der Waals surface area contributed by atoms with Crippen molar-refractivity contribution < 1.29 is 22.7 Å². The zero-order valence-corrected chi connectivity index (χ0v) is 20.5. The molecule has 0 fully saturated rings. The predicted octanol–water partition coefficient (Wildman–Crippen LogP) is 4.62. The van der Waals surface area contributed by atoms with E-state index in [0.717, 1.165) is 15.4 Å². The van der Waals surface area contributed by atoms with E-state index >= 15 is 0 Å². The van der Waals surface area contributed by atoms with Gasteiger partial charge in [0.2, 0.25) is 5.91 Å². The standard InChI is InChI=1S/C26H28N2O5S/c1-5-33-26(30)21-11-14-24(20(4)16-21)27-25(29)17-28(22-8-6-7-19(3)15-22)34(31,32)23-12-9-18(2)10-13-23/h6-16H,5,17H2,1-4H3,(H,27,29). The summed E-state index contributed by atoms with van der Waals surface area (Å²) in [7, 11) is -4.00. The van der Waals surface area contributed by atoms with E-state index in [4.69, 9.17) is 4.74 Å². The molecule has 0 aromatic heterocycles. The molecule has 7 nitrogen and oxygen atoms in total. The first kappa shape index (κ1) is 25.0. The number of benzene rings is 3. The third-order valence-electron chi connectivity index (χ3n) is 5.20. The third kappa shape index (κ3) is 5.82. The van der Waals surface area contributed by atoms with E-state index in [9.17, 15) is 18.0 Å². The normalized spacial score (nSPS) is 11.1. The van der Waals surface area contributed by atoms with E-state index < -0.39 is 28.4 Å². The number of esters is 1. The number of ether oxygens (including phenoxy) is 1. The molecule has 8 heteroatoms. The molecule has 0 heterocycles. The van der Waals surface area contributed by atoms with Crippen LogP contribution in [0.25, 0.3) is 0 Å². The van der Waals surface area contributed by atoms with Gasteiger partial charge in [-0.1, -0.05) is 29.8 Å². The van der Waals surface area contributed by atoms with E-state index in [2.05, 4.69) is 5.32 Å². The Hall–Kier alpha value is -3.65. The van der Waals surface area contributed by atoms with Gasteiger partial charge in [-0.05, 0) is 81.3 Å². The average molecular weight is 481 g/mol. The highest BCUT2D eigenvalue weighted by Gasteiger charge is 2.27. The van der Waals surface area contributed by atoms with Gasteiger partial charge in [-0.25, -0.2) is 13.2 Å². The van der Waals surface area contributed by atoms with Crippen molar-refractivity contribution in [1.82, 2.24) is 0 Å². The molecule has 178 valence electrons. The fraction of sp³-hybridized carbons (Fsp3) is 0.231. The van der Waals surface area contributed by atoms with E-state index in [-0.39, 0.29) is 11.5 Å². The molecule has 0 unspecified atom stereocenters. The van der Waals surface area contributed by atoms with Gasteiger partial charge in [-0.3, -0.25) is 9.10 Å². The number of hydrogen-bond acceptors (Lipinski definition) is 5. The van der Waals surface area contributed by atoms with Gasteiger partial charge in [0.15, 0.2) is 0 Å². The molecule has 0 bridgehead atoms. The van der Waals surface area contributed by atoms with Gasteiger partial charge >= 0.3 is 5.97 Å². The number of sulfonamides is 1. The van der Waals surface area contributed by atoms with Gasteiger partial charge in [0.25, 0.3) is 10.0 Å². The molecule has 3 aromatic carbocycles. The number of amides is 1. The van der Waals surface area contributed by atoms with Crippen LogP contribution in [0, 0.1) is 20.8 Å². The Labute approximate surface area is 200 Å². The zero-order chi connectivity index (χ0) is 24.9. The van der Waals surface area contributed by atoms with Crippen molar-refractivity contribution in [3.8, 4) is 0 Å². The number of nitrogens with one attached hydrogen (secondary N) is 1. The van der Waals surface area contributed by atoms with Crippen LogP contribution in [-0.4, -0.2) is 33.4 Å². The highest BCUT2D eigenvalue weighted by molar-refractivity contribution is 7.92. The summed E-state index contributed by atoms with van der Waals surface area (Å²) in [6.07, 6.45) is 0. The second-order valence-electron chi connectivity index (χ2n) is 7.96. The van der Waals surface area contributed by atoms with Crippen molar-refractivity contribution in [3.05, 3.63) is 89.0 Å². The quantitative estimate of drug-likeness (QED) is 0.475. The maximum atomic E-state index is 13.5. The second kappa shape index (κ2) is 10.5. The molecule has 1 amide bonds. The largest absolute Gasteiger partial charge is 0.462 e.